The number of carbonyl (C=O) groups excluding carboxylic acids is 2. The SMILES string of the molecule is COC(=O)C1(C(=O)OC)CCN(S(=O)(=O)c2ccc(C)cc2)N2C(c3ccccc3)=Cc3ccc(C)cc3C21. The molecule has 1 unspecified atom stereocenters. The number of hydrogen-bond acceptors (Lipinski definition) is 7. The molecule has 2 aliphatic rings. The molecular formula is C30H30N2O6S. The molecule has 0 radical (unpaired) electrons. The van der Waals surface area contributed by atoms with Crippen molar-refractivity contribution in [3.8, 4) is 0 Å². The van der Waals surface area contributed by atoms with Crippen LogP contribution in [0.4, 0.5) is 0 Å². The van der Waals surface area contributed by atoms with Gasteiger partial charge in [0, 0.05) is 6.54 Å². The van der Waals surface area contributed by atoms with Gasteiger partial charge in [-0.2, -0.15) is 0 Å². The molecule has 3 aromatic rings. The number of hydrazine groups is 1. The van der Waals surface area contributed by atoms with Gasteiger partial charge >= 0.3 is 11.9 Å². The molecule has 1 fully saturated rings. The number of esters is 2. The number of ether oxygens (including phenoxy) is 2. The summed E-state index contributed by atoms with van der Waals surface area (Å²) in [6.45, 7) is 3.64. The Balaban J connectivity index is 1.84. The zero-order chi connectivity index (χ0) is 27.9. The number of hydrogen-bond donors (Lipinski definition) is 0. The van der Waals surface area contributed by atoms with Crippen LogP contribution < -0.4 is 0 Å². The minimum Gasteiger partial charge on any atom is -0.468 e. The van der Waals surface area contributed by atoms with E-state index < -0.39 is 33.4 Å². The van der Waals surface area contributed by atoms with Crippen LogP contribution >= 0.6 is 0 Å². The third kappa shape index (κ3) is 4.22. The van der Waals surface area contributed by atoms with Gasteiger partial charge in [-0.15, -0.1) is 4.41 Å². The lowest BCUT2D eigenvalue weighted by Gasteiger charge is -2.54. The van der Waals surface area contributed by atoms with Crippen LogP contribution in [-0.2, 0) is 29.1 Å². The maximum absolute atomic E-state index is 14.2. The highest BCUT2D eigenvalue weighted by Gasteiger charge is 2.63. The zero-order valence-electron chi connectivity index (χ0n) is 22.2. The van der Waals surface area contributed by atoms with E-state index in [2.05, 4.69) is 0 Å². The molecule has 0 N–H and O–H groups in total. The van der Waals surface area contributed by atoms with Crippen molar-refractivity contribution in [2.24, 2.45) is 5.41 Å². The summed E-state index contributed by atoms with van der Waals surface area (Å²) in [7, 11) is -1.66. The normalized spacial score (nSPS) is 18.4. The van der Waals surface area contributed by atoms with Crippen LogP contribution in [0.3, 0.4) is 0 Å². The molecule has 0 amide bonds. The van der Waals surface area contributed by atoms with E-state index >= 15 is 0 Å². The number of rotatable bonds is 5. The van der Waals surface area contributed by atoms with Crippen LogP contribution in [0.5, 0.6) is 0 Å². The fraction of sp³-hybridized carbons (Fsp3) is 0.267. The summed E-state index contributed by atoms with van der Waals surface area (Å²) in [6.07, 6.45) is 1.76. The molecule has 0 spiro atoms. The Labute approximate surface area is 228 Å². The van der Waals surface area contributed by atoms with Gasteiger partial charge in [0.1, 0.15) is 0 Å². The quantitative estimate of drug-likeness (QED) is 0.344. The molecule has 1 atom stereocenters. The molecule has 0 aliphatic carbocycles. The lowest BCUT2D eigenvalue weighted by Crippen LogP contribution is -2.63. The fourth-order valence-corrected chi connectivity index (χ4v) is 7.02. The molecule has 0 bridgehead atoms. The van der Waals surface area contributed by atoms with Crippen molar-refractivity contribution in [3.05, 3.63) is 101 Å². The average molecular weight is 547 g/mol. The van der Waals surface area contributed by atoms with E-state index in [0.717, 1.165) is 22.3 Å². The summed E-state index contributed by atoms with van der Waals surface area (Å²) in [5.74, 6) is -1.56. The lowest BCUT2D eigenvalue weighted by molar-refractivity contribution is -0.184. The lowest BCUT2D eigenvalue weighted by atomic mass is 9.70. The molecular weight excluding hydrogens is 516 g/mol. The van der Waals surface area contributed by atoms with E-state index in [1.54, 1.807) is 29.3 Å². The number of carbonyl (C=O) groups is 2. The highest BCUT2D eigenvalue weighted by atomic mass is 32.2. The minimum absolute atomic E-state index is 0.109. The smallest absolute Gasteiger partial charge is 0.325 e. The maximum Gasteiger partial charge on any atom is 0.325 e. The second kappa shape index (κ2) is 9.98. The summed E-state index contributed by atoms with van der Waals surface area (Å²) in [4.78, 5) is 27.3. The Kier molecular flexibility index (Phi) is 6.82. The first kappa shape index (κ1) is 26.6. The summed E-state index contributed by atoms with van der Waals surface area (Å²) >= 11 is 0. The van der Waals surface area contributed by atoms with E-state index in [1.807, 2.05) is 68.5 Å². The Morgan fingerprint density at radius 2 is 1.49 bits per heavy atom. The van der Waals surface area contributed by atoms with Crippen molar-refractivity contribution in [3.63, 3.8) is 0 Å². The van der Waals surface area contributed by atoms with Crippen molar-refractivity contribution in [1.82, 2.24) is 9.42 Å². The van der Waals surface area contributed by atoms with Crippen LogP contribution in [0.1, 0.15) is 40.3 Å². The molecule has 2 aliphatic heterocycles. The molecule has 9 heteroatoms. The van der Waals surface area contributed by atoms with E-state index in [9.17, 15) is 18.0 Å². The van der Waals surface area contributed by atoms with E-state index in [0.29, 0.717) is 11.3 Å². The second-order valence-electron chi connectivity index (χ2n) is 9.84. The van der Waals surface area contributed by atoms with E-state index in [1.165, 1.54) is 18.6 Å². The number of sulfonamides is 1. The van der Waals surface area contributed by atoms with Crippen LogP contribution in [-0.4, -0.2) is 50.5 Å². The average Bonchev–Trinajstić information content (AvgIpc) is 2.95. The Hall–Kier alpha value is -3.95. The van der Waals surface area contributed by atoms with Gasteiger partial charge in [-0.05, 0) is 55.2 Å². The number of nitrogens with zero attached hydrogens (tertiary/aromatic N) is 2. The largest absolute Gasteiger partial charge is 0.468 e. The van der Waals surface area contributed by atoms with Gasteiger partial charge in [-0.3, -0.25) is 14.6 Å². The second-order valence-corrected chi connectivity index (χ2v) is 11.7. The molecule has 0 saturated carbocycles. The Morgan fingerprint density at radius 1 is 0.872 bits per heavy atom. The van der Waals surface area contributed by atoms with Crippen molar-refractivity contribution in [1.29, 1.82) is 0 Å². The summed E-state index contributed by atoms with van der Waals surface area (Å²) in [5.41, 5.74) is 2.66. The van der Waals surface area contributed by atoms with Gasteiger partial charge in [0.15, 0.2) is 5.41 Å². The van der Waals surface area contributed by atoms with Crippen LogP contribution in [0.2, 0.25) is 0 Å². The molecule has 5 rings (SSSR count). The first-order valence-corrected chi connectivity index (χ1v) is 14.0. The maximum atomic E-state index is 14.2. The zero-order valence-corrected chi connectivity index (χ0v) is 23.1. The molecule has 2 heterocycles. The third-order valence-corrected chi connectivity index (χ3v) is 9.27. The number of benzene rings is 3. The monoisotopic (exact) mass is 546 g/mol. The van der Waals surface area contributed by atoms with Crippen molar-refractivity contribution in [2.45, 2.75) is 31.2 Å². The third-order valence-electron chi connectivity index (χ3n) is 7.49. The van der Waals surface area contributed by atoms with Crippen molar-refractivity contribution >= 4 is 33.7 Å². The minimum atomic E-state index is -4.10. The topological polar surface area (TPSA) is 93.2 Å². The first-order valence-electron chi connectivity index (χ1n) is 12.6. The van der Waals surface area contributed by atoms with Crippen molar-refractivity contribution in [2.75, 3.05) is 20.8 Å². The van der Waals surface area contributed by atoms with E-state index in [4.69, 9.17) is 9.47 Å². The summed E-state index contributed by atoms with van der Waals surface area (Å²) in [5, 5.41) is 1.57. The van der Waals surface area contributed by atoms with Gasteiger partial charge in [0.2, 0.25) is 0 Å². The fourth-order valence-electron chi connectivity index (χ4n) is 5.55. The van der Waals surface area contributed by atoms with Gasteiger partial charge in [0.25, 0.3) is 10.0 Å². The molecule has 3 aromatic carbocycles. The van der Waals surface area contributed by atoms with Crippen LogP contribution in [0, 0.1) is 19.3 Å². The van der Waals surface area contributed by atoms with E-state index in [-0.39, 0.29) is 17.9 Å². The van der Waals surface area contributed by atoms with Gasteiger partial charge in [-0.1, -0.05) is 71.8 Å². The Morgan fingerprint density at radius 3 is 2.10 bits per heavy atom. The molecule has 8 nitrogen and oxygen atoms in total. The first-order chi connectivity index (χ1) is 18.6. The molecule has 0 aromatic heterocycles. The predicted molar refractivity (Wildman–Crippen MR) is 146 cm³/mol. The summed E-state index contributed by atoms with van der Waals surface area (Å²) < 4.78 is 40.2. The van der Waals surface area contributed by atoms with Crippen molar-refractivity contribution < 1.29 is 27.5 Å². The molecule has 202 valence electrons. The molecule has 39 heavy (non-hydrogen) atoms. The van der Waals surface area contributed by atoms with Crippen LogP contribution in [0.25, 0.3) is 11.8 Å². The van der Waals surface area contributed by atoms with Gasteiger partial charge in [0.05, 0.1) is 30.9 Å². The standard InChI is InChI=1S/C30H30N2O6S/c1-20-11-14-24(15-12-20)39(35,36)31-17-16-30(28(33)37-3,29(34)38-4)27-25-18-21(2)10-13-23(25)19-26(32(27)31)22-8-6-5-7-9-22/h5-15,18-19,27H,16-17H2,1-4H3. The number of methoxy groups -OCH3 is 2. The summed E-state index contributed by atoms with van der Waals surface area (Å²) in [6, 6.07) is 20.6. The Bertz CT molecular complexity index is 1550. The molecule has 1 saturated heterocycles. The highest BCUT2D eigenvalue weighted by molar-refractivity contribution is 7.89. The number of fused-ring (bicyclic) bond motifs is 3. The number of aryl methyl sites for hydroxylation is 2. The van der Waals surface area contributed by atoms with Gasteiger partial charge in [-0.25, -0.2) is 8.42 Å². The predicted octanol–water partition coefficient (Wildman–Crippen LogP) is 4.50. The van der Waals surface area contributed by atoms with Crippen LogP contribution in [0.15, 0.2) is 77.7 Å². The highest BCUT2D eigenvalue weighted by Crippen LogP contribution is 2.55. The van der Waals surface area contributed by atoms with Gasteiger partial charge < -0.3 is 9.47 Å².